The van der Waals surface area contributed by atoms with Crippen LogP contribution in [0.25, 0.3) is 0 Å². The fraction of sp³-hybridized carbons (Fsp3) is 0.167. The molecule has 0 unspecified atom stereocenters. The van der Waals surface area contributed by atoms with E-state index in [-0.39, 0.29) is 24.0 Å². The molecular weight excluding hydrogens is 580 g/mol. The minimum atomic E-state index is -4.08. The number of rotatable bonds is 12. The van der Waals surface area contributed by atoms with Crippen molar-refractivity contribution in [3.05, 3.63) is 113 Å². The SMILES string of the molecule is Cc1ccc(S(=O)(=O)N(CC(=O)N/N=C\c2ccc(OCC(=O)NCc3ccco3)cc2)c2ccc(Cl)cc2C)cc1. The normalized spacial score (nSPS) is 11.3. The van der Waals surface area contributed by atoms with Crippen LogP contribution in [-0.4, -0.2) is 39.6 Å². The summed E-state index contributed by atoms with van der Waals surface area (Å²) in [5.41, 5.74) is 4.84. The van der Waals surface area contributed by atoms with Crippen LogP contribution in [-0.2, 0) is 26.2 Å². The Balaban J connectivity index is 1.36. The molecule has 0 atom stereocenters. The molecule has 0 spiro atoms. The summed E-state index contributed by atoms with van der Waals surface area (Å²) in [4.78, 5) is 24.8. The van der Waals surface area contributed by atoms with Crippen LogP contribution < -0.4 is 19.8 Å². The monoisotopic (exact) mass is 608 g/mol. The summed E-state index contributed by atoms with van der Waals surface area (Å²) in [6, 6.07) is 21.3. The summed E-state index contributed by atoms with van der Waals surface area (Å²) in [6.45, 7) is 3.17. The van der Waals surface area contributed by atoms with Crippen molar-refractivity contribution in [2.45, 2.75) is 25.3 Å². The number of benzene rings is 3. The number of carbonyl (C=O) groups excluding carboxylic acids is 2. The average molecular weight is 609 g/mol. The molecule has 0 bridgehead atoms. The van der Waals surface area contributed by atoms with E-state index in [1.807, 2.05) is 6.92 Å². The fourth-order valence-electron chi connectivity index (χ4n) is 3.83. The van der Waals surface area contributed by atoms with Gasteiger partial charge in [0.2, 0.25) is 0 Å². The number of hydrazone groups is 1. The van der Waals surface area contributed by atoms with Gasteiger partial charge in [0, 0.05) is 5.02 Å². The summed E-state index contributed by atoms with van der Waals surface area (Å²) in [5.74, 6) is 0.170. The molecule has 3 aromatic carbocycles. The van der Waals surface area contributed by atoms with E-state index in [1.54, 1.807) is 73.7 Å². The van der Waals surface area contributed by atoms with Crippen molar-refractivity contribution in [2.75, 3.05) is 17.5 Å². The maximum atomic E-state index is 13.6. The van der Waals surface area contributed by atoms with Crippen molar-refractivity contribution in [1.82, 2.24) is 10.7 Å². The molecule has 0 radical (unpaired) electrons. The predicted octanol–water partition coefficient (Wildman–Crippen LogP) is 4.59. The molecule has 2 amide bonds. The van der Waals surface area contributed by atoms with Gasteiger partial charge >= 0.3 is 0 Å². The lowest BCUT2D eigenvalue weighted by molar-refractivity contribution is -0.123. The number of amides is 2. The van der Waals surface area contributed by atoms with Crippen LogP contribution in [0.5, 0.6) is 5.75 Å². The first-order chi connectivity index (χ1) is 20.1. The van der Waals surface area contributed by atoms with Crippen molar-refractivity contribution in [2.24, 2.45) is 5.10 Å². The van der Waals surface area contributed by atoms with E-state index in [0.29, 0.717) is 33.3 Å². The van der Waals surface area contributed by atoms with Crippen LogP contribution in [0, 0.1) is 13.8 Å². The number of carbonyl (C=O) groups is 2. The second-order valence-electron chi connectivity index (χ2n) is 9.26. The molecular formula is C30H29ClN4O6S. The van der Waals surface area contributed by atoms with Crippen molar-refractivity contribution < 1.29 is 27.2 Å². The second kappa shape index (κ2) is 13.8. The molecule has 12 heteroatoms. The number of nitrogens with one attached hydrogen (secondary N) is 2. The van der Waals surface area contributed by atoms with Crippen LogP contribution in [0.4, 0.5) is 5.69 Å². The zero-order valence-electron chi connectivity index (χ0n) is 22.9. The molecule has 0 saturated heterocycles. The largest absolute Gasteiger partial charge is 0.484 e. The van der Waals surface area contributed by atoms with Crippen LogP contribution in [0.15, 0.2) is 99.5 Å². The third kappa shape index (κ3) is 8.21. The van der Waals surface area contributed by atoms with Crippen molar-refractivity contribution in [1.29, 1.82) is 0 Å². The van der Waals surface area contributed by atoms with Gasteiger partial charge in [0.1, 0.15) is 18.1 Å². The number of aryl methyl sites for hydroxylation is 2. The molecule has 2 N–H and O–H groups in total. The minimum absolute atomic E-state index is 0.0519. The van der Waals surface area contributed by atoms with E-state index < -0.39 is 22.5 Å². The summed E-state index contributed by atoms with van der Waals surface area (Å²) in [6.07, 6.45) is 2.94. The molecule has 4 aromatic rings. The molecule has 1 heterocycles. The number of furan rings is 1. The number of anilines is 1. The van der Waals surface area contributed by atoms with Gasteiger partial charge < -0.3 is 14.5 Å². The molecule has 42 heavy (non-hydrogen) atoms. The highest BCUT2D eigenvalue weighted by molar-refractivity contribution is 7.92. The van der Waals surface area contributed by atoms with E-state index >= 15 is 0 Å². The molecule has 0 saturated carbocycles. The first-order valence-electron chi connectivity index (χ1n) is 12.8. The van der Waals surface area contributed by atoms with Gasteiger partial charge in [-0.05, 0) is 91.7 Å². The van der Waals surface area contributed by atoms with Crippen LogP contribution >= 0.6 is 11.6 Å². The standard InChI is InChI=1S/C30H29ClN4O6S/c1-21-5-12-27(13-6-21)42(38,39)35(28-14-9-24(31)16-22(28)2)19-29(36)34-33-17-23-7-10-25(11-8-23)41-20-30(37)32-18-26-4-3-15-40-26/h3-17H,18-20H2,1-2H3,(H,32,37)(H,34,36)/b33-17-. The Morgan fingerprint density at radius 3 is 2.40 bits per heavy atom. The number of hydrogen-bond donors (Lipinski definition) is 2. The summed E-state index contributed by atoms with van der Waals surface area (Å²) >= 11 is 6.08. The van der Waals surface area contributed by atoms with Crippen molar-refractivity contribution >= 4 is 45.3 Å². The highest BCUT2D eigenvalue weighted by Crippen LogP contribution is 2.29. The Bertz CT molecular complexity index is 1660. The third-order valence-corrected chi connectivity index (χ3v) is 8.03. The van der Waals surface area contributed by atoms with Gasteiger partial charge in [-0.15, -0.1) is 0 Å². The molecule has 0 fully saturated rings. The van der Waals surface area contributed by atoms with Crippen molar-refractivity contribution in [3.63, 3.8) is 0 Å². The summed E-state index contributed by atoms with van der Waals surface area (Å²) in [5, 5.41) is 7.10. The number of halogens is 1. The smallest absolute Gasteiger partial charge is 0.264 e. The Hall–Kier alpha value is -4.61. The van der Waals surface area contributed by atoms with Gasteiger partial charge in [0.15, 0.2) is 6.61 Å². The molecule has 218 valence electrons. The molecule has 1 aromatic heterocycles. The van der Waals surface area contributed by atoms with E-state index in [0.717, 1.165) is 9.87 Å². The number of nitrogens with zero attached hydrogens (tertiary/aromatic N) is 2. The first kappa shape index (κ1) is 30.4. The highest BCUT2D eigenvalue weighted by Gasteiger charge is 2.28. The van der Waals surface area contributed by atoms with E-state index in [1.165, 1.54) is 24.6 Å². The van der Waals surface area contributed by atoms with Gasteiger partial charge in [-0.2, -0.15) is 5.10 Å². The van der Waals surface area contributed by atoms with Gasteiger partial charge in [-0.25, -0.2) is 13.8 Å². The van der Waals surface area contributed by atoms with Crippen LogP contribution in [0.3, 0.4) is 0 Å². The maximum absolute atomic E-state index is 13.6. The molecule has 4 rings (SSSR count). The highest BCUT2D eigenvalue weighted by atomic mass is 35.5. The maximum Gasteiger partial charge on any atom is 0.264 e. The van der Waals surface area contributed by atoms with E-state index in [9.17, 15) is 18.0 Å². The topological polar surface area (TPSA) is 130 Å². The number of hydrogen-bond acceptors (Lipinski definition) is 7. The average Bonchev–Trinajstić information content (AvgIpc) is 3.49. The lowest BCUT2D eigenvalue weighted by Gasteiger charge is -2.25. The van der Waals surface area contributed by atoms with Gasteiger partial charge in [-0.3, -0.25) is 13.9 Å². The Morgan fingerprint density at radius 2 is 1.74 bits per heavy atom. The van der Waals surface area contributed by atoms with E-state index in [2.05, 4.69) is 15.8 Å². The Kier molecular flexibility index (Phi) is 10.00. The van der Waals surface area contributed by atoms with Crippen molar-refractivity contribution in [3.8, 4) is 5.75 Å². The molecule has 0 aliphatic carbocycles. The molecule has 0 aliphatic heterocycles. The zero-order chi connectivity index (χ0) is 30.1. The molecule has 10 nitrogen and oxygen atoms in total. The third-order valence-electron chi connectivity index (χ3n) is 6.02. The predicted molar refractivity (Wildman–Crippen MR) is 160 cm³/mol. The number of sulfonamides is 1. The zero-order valence-corrected chi connectivity index (χ0v) is 24.5. The number of ether oxygens (including phenoxy) is 1. The minimum Gasteiger partial charge on any atom is -0.484 e. The first-order valence-corrected chi connectivity index (χ1v) is 14.6. The Labute approximate surface area is 249 Å². The Morgan fingerprint density at radius 1 is 1.00 bits per heavy atom. The lowest BCUT2D eigenvalue weighted by atomic mass is 10.2. The quantitative estimate of drug-likeness (QED) is 0.179. The van der Waals surface area contributed by atoms with E-state index in [4.69, 9.17) is 20.8 Å². The van der Waals surface area contributed by atoms with Crippen LogP contribution in [0.2, 0.25) is 5.02 Å². The summed E-state index contributed by atoms with van der Waals surface area (Å²) < 4.78 is 38.8. The van der Waals surface area contributed by atoms with Gasteiger partial charge in [0.25, 0.3) is 21.8 Å². The van der Waals surface area contributed by atoms with Crippen LogP contribution in [0.1, 0.15) is 22.5 Å². The van der Waals surface area contributed by atoms with Gasteiger partial charge in [0.05, 0.1) is 29.6 Å². The fourth-order valence-corrected chi connectivity index (χ4v) is 5.54. The second-order valence-corrected chi connectivity index (χ2v) is 11.6. The molecule has 0 aliphatic rings. The summed E-state index contributed by atoms with van der Waals surface area (Å²) in [7, 11) is -4.08. The lowest BCUT2D eigenvalue weighted by Crippen LogP contribution is -2.40. The van der Waals surface area contributed by atoms with Gasteiger partial charge in [-0.1, -0.05) is 29.3 Å².